The third-order valence-corrected chi connectivity index (χ3v) is 2.36. The van der Waals surface area contributed by atoms with Crippen molar-refractivity contribution in [2.45, 2.75) is 6.73 Å². The van der Waals surface area contributed by atoms with Crippen molar-refractivity contribution in [2.24, 2.45) is 0 Å². The second-order valence-electron chi connectivity index (χ2n) is 2.91. The van der Waals surface area contributed by atoms with Crippen molar-refractivity contribution in [1.29, 1.82) is 5.26 Å². The van der Waals surface area contributed by atoms with Crippen LogP contribution in [0.25, 0.3) is 10.9 Å². The Bertz CT molecular complexity index is 525. The highest BCUT2D eigenvalue weighted by Crippen LogP contribution is 2.22. The predicted octanol–water partition coefficient (Wildman–Crippen LogP) is 2.12. The maximum absolute atomic E-state index is 9.10. The number of aromatic nitrogens is 1. The average Bonchev–Trinajstić information content (AvgIpc) is 2.54. The van der Waals surface area contributed by atoms with Gasteiger partial charge in [-0.05, 0) is 18.2 Å². The van der Waals surface area contributed by atoms with E-state index in [0.717, 1.165) is 10.9 Å². The zero-order valence-corrected chi connectivity index (χ0v) is 7.99. The van der Waals surface area contributed by atoms with Gasteiger partial charge in [0.05, 0.1) is 5.52 Å². The molecule has 0 aliphatic heterocycles. The molecule has 0 aliphatic carbocycles. The monoisotopic (exact) mass is 206 g/mol. The smallest absolute Gasteiger partial charge is 0.123 e. The molecular weight excluding hydrogens is 200 g/mol. The second kappa shape index (κ2) is 3.33. The molecule has 1 aromatic carbocycles. The lowest BCUT2D eigenvalue weighted by molar-refractivity contribution is 0.214. The average molecular weight is 207 g/mol. The van der Waals surface area contributed by atoms with Crippen LogP contribution in [0.5, 0.6) is 0 Å². The fourth-order valence-electron chi connectivity index (χ4n) is 1.47. The van der Waals surface area contributed by atoms with Crippen molar-refractivity contribution < 1.29 is 5.11 Å². The molecule has 2 rings (SSSR count). The molecule has 0 aliphatic rings. The molecule has 0 unspecified atom stereocenters. The number of hydrogen-bond acceptors (Lipinski definition) is 2. The topological polar surface area (TPSA) is 49.0 Å². The maximum Gasteiger partial charge on any atom is 0.123 e. The standard InChI is InChI=1S/C10H7ClN2O/c11-8-2-1-7-3-9(5-12)13(6-14)10(7)4-8/h1-4,14H,6H2. The van der Waals surface area contributed by atoms with Gasteiger partial charge in [0.15, 0.2) is 0 Å². The fourth-order valence-corrected chi connectivity index (χ4v) is 1.64. The van der Waals surface area contributed by atoms with Crippen molar-refractivity contribution in [3.05, 3.63) is 35.0 Å². The van der Waals surface area contributed by atoms with Crippen LogP contribution < -0.4 is 0 Å². The highest BCUT2D eigenvalue weighted by atomic mass is 35.5. The number of halogens is 1. The Balaban J connectivity index is 2.83. The molecule has 1 aromatic heterocycles. The van der Waals surface area contributed by atoms with Crippen LogP contribution in [-0.4, -0.2) is 9.67 Å². The molecule has 1 heterocycles. The van der Waals surface area contributed by atoms with E-state index in [-0.39, 0.29) is 6.73 Å². The van der Waals surface area contributed by atoms with Crippen LogP contribution in [0.2, 0.25) is 5.02 Å². The Labute approximate surface area is 85.8 Å². The van der Waals surface area contributed by atoms with Gasteiger partial charge in [0.2, 0.25) is 0 Å². The highest BCUT2D eigenvalue weighted by molar-refractivity contribution is 6.31. The molecule has 70 valence electrons. The van der Waals surface area contributed by atoms with Crippen LogP contribution in [0.15, 0.2) is 24.3 Å². The Hall–Kier alpha value is -1.50. The molecule has 0 saturated heterocycles. The van der Waals surface area contributed by atoms with Crippen LogP contribution in [0.4, 0.5) is 0 Å². The summed E-state index contributed by atoms with van der Waals surface area (Å²) in [4.78, 5) is 0. The lowest BCUT2D eigenvalue weighted by Crippen LogP contribution is -1.98. The zero-order valence-electron chi connectivity index (χ0n) is 7.24. The molecule has 0 spiro atoms. The van der Waals surface area contributed by atoms with Gasteiger partial charge in [0.1, 0.15) is 18.5 Å². The van der Waals surface area contributed by atoms with Crippen molar-refractivity contribution in [3.63, 3.8) is 0 Å². The van der Waals surface area contributed by atoms with Gasteiger partial charge in [-0.3, -0.25) is 0 Å². The quantitative estimate of drug-likeness (QED) is 0.777. The first-order valence-electron chi connectivity index (χ1n) is 4.06. The van der Waals surface area contributed by atoms with E-state index in [1.807, 2.05) is 12.1 Å². The first-order valence-corrected chi connectivity index (χ1v) is 4.44. The number of nitrogens with zero attached hydrogens (tertiary/aromatic N) is 2. The van der Waals surface area contributed by atoms with Crippen molar-refractivity contribution in [2.75, 3.05) is 0 Å². The molecular formula is C10H7ClN2O. The first-order chi connectivity index (χ1) is 6.76. The maximum atomic E-state index is 9.10. The van der Waals surface area contributed by atoms with E-state index in [1.165, 1.54) is 4.57 Å². The summed E-state index contributed by atoms with van der Waals surface area (Å²) in [5.74, 6) is 0. The molecule has 0 amide bonds. The molecule has 3 nitrogen and oxygen atoms in total. The van der Waals surface area contributed by atoms with Crippen LogP contribution >= 0.6 is 11.6 Å². The number of rotatable bonds is 1. The van der Waals surface area contributed by atoms with Gasteiger partial charge >= 0.3 is 0 Å². The molecule has 1 N–H and O–H groups in total. The predicted molar refractivity (Wildman–Crippen MR) is 53.9 cm³/mol. The molecule has 2 aromatic rings. The van der Waals surface area contributed by atoms with Gasteiger partial charge in [0, 0.05) is 10.4 Å². The third kappa shape index (κ3) is 1.25. The van der Waals surface area contributed by atoms with Crippen molar-refractivity contribution in [1.82, 2.24) is 4.57 Å². The van der Waals surface area contributed by atoms with E-state index in [9.17, 15) is 0 Å². The summed E-state index contributed by atoms with van der Waals surface area (Å²) in [5, 5.41) is 19.4. The minimum absolute atomic E-state index is 0.216. The lowest BCUT2D eigenvalue weighted by atomic mass is 10.2. The van der Waals surface area contributed by atoms with Gasteiger partial charge in [0.25, 0.3) is 0 Å². The Morgan fingerprint density at radius 2 is 2.21 bits per heavy atom. The number of benzene rings is 1. The number of aliphatic hydroxyl groups is 1. The Kier molecular flexibility index (Phi) is 2.16. The van der Waals surface area contributed by atoms with Crippen molar-refractivity contribution >= 4 is 22.5 Å². The lowest BCUT2D eigenvalue weighted by Gasteiger charge is -2.01. The molecule has 4 heteroatoms. The van der Waals surface area contributed by atoms with Crippen LogP contribution in [0, 0.1) is 11.3 Å². The summed E-state index contributed by atoms with van der Waals surface area (Å²) in [5.41, 5.74) is 1.21. The van der Waals surface area contributed by atoms with Crippen molar-refractivity contribution in [3.8, 4) is 6.07 Å². The molecule has 0 saturated carbocycles. The second-order valence-corrected chi connectivity index (χ2v) is 3.35. The van der Waals surface area contributed by atoms with Gasteiger partial charge < -0.3 is 9.67 Å². The first kappa shape index (κ1) is 9.07. The van der Waals surface area contributed by atoms with E-state index in [4.69, 9.17) is 22.0 Å². The van der Waals surface area contributed by atoms with E-state index in [0.29, 0.717) is 10.7 Å². The number of fused-ring (bicyclic) bond motifs is 1. The Morgan fingerprint density at radius 1 is 1.43 bits per heavy atom. The van der Waals surface area contributed by atoms with Crippen LogP contribution in [0.1, 0.15) is 5.69 Å². The molecule has 0 fully saturated rings. The van der Waals surface area contributed by atoms with E-state index < -0.39 is 0 Å². The normalized spacial score (nSPS) is 10.4. The molecule has 14 heavy (non-hydrogen) atoms. The van der Waals surface area contributed by atoms with E-state index in [2.05, 4.69) is 0 Å². The Morgan fingerprint density at radius 3 is 2.86 bits per heavy atom. The van der Waals surface area contributed by atoms with E-state index >= 15 is 0 Å². The summed E-state index contributed by atoms with van der Waals surface area (Å²) < 4.78 is 1.52. The van der Waals surface area contributed by atoms with E-state index in [1.54, 1.807) is 18.2 Å². The minimum Gasteiger partial charge on any atom is -0.376 e. The SMILES string of the molecule is N#Cc1cc2ccc(Cl)cc2n1CO. The van der Waals surface area contributed by atoms with Gasteiger partial charge in [-0.2, -0.15) is 5.26 Å². The molecule has 0 atom stereocenters. The summed E-state index contributed by atoms with van der Waals surface area (Å²) in [6.07, 6.45) is 0. The zero-order chi connectivity index (χ0) is 10.1. The van der Waals surface area contributed by atoms with Crippen LogP contribution in [0.3, 0.4) is 0 Å². The number of nitriles is 1. The highest BCUT2D eigenvalue weighted by Gasteiger charge is 2.07. The number of aliphatic hydroxyl groups excluding tert-OH is 1. The summed E-state index contributed by atoms with van der Waals surface area (Å²) >= 11 is 5.82. The summed E-state index contributed by atoms with van der Waals surface area (Å²) in [7, 11) is 0. The molecule has 0 bridgehead atoms. The molecule has 0 radical (unpaired) electrons. The summed E-state index contributed by atoms with van der Waals surface area (Å²) in [6, 6.07) is 9.05. The fraction of sp³-hybridized carbons (Fsp3) is 0.100. The summed E-state index contributed by atoms with van der Waals surface area (Å²) in [6.45, 7) is -0.216. The van der Waals surface area contributed by atoms with Gasteiger partial charge in [-0.15, -0.1) is 0 Å². The third-order valence-electron chi connectivity index (χ3n) is 2.12. The minimum atomic E-state index is -0.216. The van der Waals surface area contributed by atoms with Crippen LogP contribution in [-0.2, 0) is 6.73 Å². The van der Waals surface area contributed by atoms with Gasteiger partial charge in [-0.25, -0.2) is 0 Å². The van der Waals surface area contributed by atoms with Gasteiger partial charge in [-0.1, -0.05) is 17.7 Å². The largest absolute Gasteiger partial charge is 0.376 e. The number of hydrogen-bond donors (Lipinski definition) is 1.